The van der Waals surface area contributed by atoms with Gasteiger partial charge in [0, 0.05) is 42.7 Å². The second-order valence-corrected chi connectivity index (χ2v) is 6.04. The molecule has 0 fully saturated rings. The van der Waals surface area contributed by atoms with Crippen molar-refractivity contribution in [1.82, 2.24) is 29.5 Å². The summed E-state index contributed by atoms with van der Waals surface area (Å²) in [7, 11) is 0. The molecule has 0 saturated carbocycles. The highest BCUT2D eigenvalue weighted by Crippen LogP contribution is 2.15. The van der Waals surface area contributed by atoms with Crippen LogP contribution in [-0.2, 0) is 17.8 Å². The molecular weight excluding hydrogens is 356 g/mol. The molecule has 0 atom stereocenters. The number of hydrogen-bond donors (Lipinski definition) is 0. The first-order chi connectivity index (χ1) is 13.7. The Hall–Kier alpha value is -3.81. The van der Waals surface area contributed by atoms with Gasteiger partial charge in [0.25, 0.3) is 0 Å². The molecule has 0 spiro atoms. The van der Waals surface area contributed by atoms with E-state index < -0.39 is 5.97 Å². The number of aromatic nitrogens is 6. The lowest BCUT2D eigenvalue weighted by Gasteiger charge is -2.03. The summed E-state index contributed by atoms with van der Waals surface area (Å²) < 4.78 is 8.81. The van der Waals surface area contributed by atoms with Gasteiger partial charge in [0.05, 0.1) is 11.4 Å². The lowest BCUT2D eigenvalue weighted by molar-refractivity contribution is 0.0458. The zero-order valence-corrected chi connectivity index (χ0v) is 15.3. The van der Waals surface area contributed by atoms with Crippen molar-refractivity contribution in [2.24, 2.45) is 0 Å². The van der Waals surface area contributed by atoms with Crippen LogP contribution < -0.4 is 0 Å². The standard InChI is InChI=1S/C20H18N6O2/c1-2-15-13-26(18-5-10-22-11-6-18)24-19(15)20(27)28-14-16-7-12-25(23-16)17-3-8-21-9-4-17/h3-13H,2,14H2,1H3. The third-order valence-electron chi connectivity index (χ3n) is 4.21. The van der Waals surface area contributed by atoms with E-state index in [0.717, 1.165) is 16.9 Å². The molecule has 4 heterocycles. The minimum atomic E-state index is -0.469. The van der Waals surface area contributed by atoms with E-state index >= 15 is 0 Å². The fourth-order valence-corrected chi connectivity index (χ4v) is 2.76. The van der Waals surface area contributed by atoms with E-state index in [2.05, 4.69) is 20.2 Å². The van der Waals surface area contributed by atoms with Crippen LogP contribution in [0.2, 0.25) is 0 Å². The summed E-state index contributed by atoms with van der Waals surface area (Å²) in [5.41, 5.74) is 3.51. The zero-order valence-electron chi connectivity index (χ0n) is 15.3. The molecule has 4 aromatic rings. The molecule has 0 saturated heterocycles. The topological polar surface area (TPSA) is 87.7 Å². The monoisotopic (exact) mass is 374 g/mol. The van der Waals surface area contributed by atoms with E-state index in [4.69, 9.17) is 4.74 Å². The van der Waals surface area contributed by atoms with Gasteiger partial charge in [-0.1, -0.05) is 6.92 Å². The van der Waals surface area contributed by atoms with Gasteiger partial charge in [-0.3, -0.25) is 9.97 Å². The number of carbonyl (C=O) groups is 1. The Balaban J connectivity index is 1.47. The highest BCUT2D eigenvalue weighted by molar-refractivity contribution is 5.88. The van der Waals surface area contributed by atoms with Gasteiger partial charge in [0.2, 0.25) is 0 Å². The van der Waals surface area contributed by atoms with Crippen LogP contribution in [0.1, 0.15) is 28.7 Å². The van der Waals surface area contributed by atoms with Gasteiger partial charge in [-0.25, -0.2) is 14.2 Å². The van der Waals surface area contributed by atoms with Crippen molar-refractivity contribution in [2.45, 2.75) is 20.0 Å². The van der Waals surface area contributed by atoms with Crippen molar-refractivity contribution in [3.63, 3.8) is 0 Å². The molecule has 140 valence electrons. The molecule has 0 amide bonds. The van der Waals surface area contributed by atoms with Crippen LogP contribution in [0.25, 0.3) is 11.4 Å². The molecule has 28 heavy (non-hydrogen) atoms. The molecule has 0 aliphatic heterocycles. The molecular formula is C20H18N6O2. The minimum Gasteiger partial charge on any atom is -0.454 e. The fraction of sp³-hybridized carbons (Fsp3) is 0.150. The van der Waals surface area contributed by atoms with Gasteiger partial charge < -0.3 is 4.74 Å². The van der Waals surface area contributed by atoms with Crippen LogP contribution in [0.3, 0.4) is 0 Å². The lowest BCUT2D eigenvalue weighted by Crippen LogP contribution is -2.09. The maximum atomic E-state index is 12.6. The molecule has 4 aromatic heterocycles. The molecule has 0 aliphatic carbocycles. The summed E-state index contributed by atoms with van der Waals surface area (Å²) >= 11 is 0. The predicted octanol–water partition coefficient (Wildman–Crippen LogP) is 2.77. The molecule has 0 aromatic carbocycles. The summed E-state index contributed by atoms with van der Waals surface area (Å²) in [6.45, 7) is 2.04. The van der Waals surface area contributed by atoms with Gasteiger partial charge in [-0.2, -0.15) is 10.2 Å². The van der Waals surface area contributed by atoms with Gasteiger partial charge in [0.15, 0.2) is 5.69 Å². The van der Waals surface area contributed by atoms with Crippen molar-refractivity contribution < 1.29 is 9.53 Å². The highest BCUT2D eigenvalue weighted by atomic mass is 16.5. The normalized spacial score (nSPS) is 10.8. The Bertz CT molecular complexity index is 1070. The van der Waals surface area contributed by atoms with Crippen molar-refractivity contribution in [1.29, 1.82) is 0 Å². The van der Waals surface area contributed by atoms with Crippen LogP contribution in [0.15, 0.2) is 67.5 Å². The summed E-state index contributed by atoms with van der Waals surface area (Å²) in [6, 6.07) is 9.16. The second-order valence-electron chi connectivity index (χ2n) is 6.04. The first kappa shape index (κ1) is 17.6. The molecule has 8 heteroatoms. The summed E-state index contributed by atoms with van der Waals surface area (Å²) in [4.78, 5) is 20.6. The third kappa shape index (κ3) is 3.66. The lowest BCUT2D eigenvalue weighted by atomic mass is 10.2. The predicted molar refractivity (Wildman–Crippen MR) is 101 cm³/mol. The van der Waals surface area contributed by atoms with Crippen LogP contribution in [0, 0.1) is 0 Å². The molecule has 0 unspecified atom stereocenters. The number of ether oxygens (including phenoxy) is 1. The van der Waals surface area contributed by atoms with E-state index in [1.807, 2.05) is 49.6 Å². The molecule has 4 rings (SSSR count). The number of aryl methyl sites for hydroxylation is 1. The Morgan fingerprint density at radius 2 is 1.57 bits per heavy atom. The third-order valence-corrected chi connectivity index (χ3v) is 4.21. The average molecular weight is 374 g/mol. The molecule has 0 radical (unpaired) electrons. The number of hydrogen-bond acceptors (Lipinski definition) is 6. The highest BCUT2D eigenvalue weighted by Gasteiger charge is 2.18. The SMILES string of the molecule is CCc1cn(-c2ccncc2)nc1C(=O)OCc1ccn(-c2ccncc2)n1. The summed E-state index contributed by atoms with van der Waals surface area (Å²) in [5, 5.41) is 8.82. The fourth-order valence-electron chi connectivity index (χ4n) is 2.76. The van der Waals surface area contributed by atoms with Crippen molar-refractivity contribution >= 4 is 5.97 Å². The van der Waals surface area contributed by atoms with Crippen molar-refractivity contribution in [3.05, 3.63) is 84.5 Å². The maximum absolute atomic E-state index is 12.6. The van der Waals surface area contributed by atoms with E-state index in [1.54, 1.807) is 34.2 Å². The van der Waals surface area contributed by atoms with Crippen molar-refractivity contribution in [2.75, 3.05) is 0 Å². The Labute approximate surface area is 161 Å². The molecule has 8 nitrogen and oxygen atoms in total. The maximum Gasteiger partial charge on any atom is 0.359 e. The van der Waals surface area contributed by atoms with E-state index in [0.29, 0.717) is 17.8 Å². The number of nitrogens with zero attached hydrogens (tertiary/aromatic N) is 6. The molecule has 0 aliphatic rings. The van der Waals surface area contributed by atoms with Crippen LogP contribution >= 0.6 is 0 Å². The quantitative estimate of drug-likeness (QED) is 0.482. The van der Waals surface area contributed by atoms with Crippen LogP contribution in [0.5, 0.6) is 0 Å². The molecule has 0 N–H and O–H groups in total. The van der Waals surface area contributed by atoms with Gasteiger partial charge in [-0.05, 0) is 36.8 Å². The average Bonchev–Trinajstić information content (AvgIpc) is 3.40. The van der Waals surface area contributed by atoms with E-state index in [1.165, 1.54) is 0 Å². The first-order valence-corrected chi connectivity index (χ1v) is 8.85. The Kier molecular flexibility index (Phi) is 4.92. The van der Waals surface area contributed by atoms with Crippen molar-refractivity contribution in [3.8, 4) is 11.4 Å². The number of carbonyl (C=O) groups excluding carboxylic acids is 1. The Morgan fingerprint density at radius 1 is 0.929 bits per heavy atom. The number of esters is 1. The minimum absolute atomic E-state index is 0.0716. The molecule has 0 bridgehead atoms. The largest absolute Gasteiger partial charge is 0.454 e. The summed E-state index contributed by atoms with van der Waals surface area (Å²) in [5.74, 6) is -0.469. The van der Waals surface area contributed by atoms with E-state index in [-0.39, 0.29) is 6.61 Å². The smallest absolute Gasteiger partial charge is 0.359 e. The zero-order chi connectivity index (χ0) is 19.3. The van der Waals surface area contributed by atoms with Gasteiger partial charge in [-0.15, -0.1) is 0 Å². The Morgan fingerprint density at radius 3 is 2.21 bits per heavy atom. The van der Waals surface area contributed by atoms with Gasteiger partial charge >= 0.3 is 5.97 Å². The summed E-state index contributed by atoms with van der Waals surface area (Å²) in [6.07, 6.45) is 11.1. The van der Waals surface area contributed by atoms with E-state index in [9.17, 15) is 4.79 Å². The van der Waals surface area contributed by atoms with Crippen LogP contribution in [-0.4, -0.2) is 35.5 Å². The second kappa shape index (κ2) is 7.83. The first-order valence-electron chi connectivity index (χ1n) is 8.85. The van der Waals surface area contributed by atoms with Crippen LogP contribution in [0.4, 0.5) is 0 Å². The number of pyridine rings is 2. The number of rotatable bonds is 6. The van der Waals surface area contributed by atoms with Gasteiger partial charge in [0.1, 0.15) is 12.3 Å².